The molecule has 102 valence electrons. The van der Waals surface area contributed by atoms with Crippen LogP contribution in [0.15, 0.2) is 30.6 Å². The van der Waals surface area contributed by atoms with E-state index in [9.17, 15) is 0 Å². The lowest BCUT2D eigenvalue weighted by Gasteiger charge is -2.06. The molecule has 0 saturated heterocycles. The Bertz CT molecular complexity index is 760. The predicted molar refractivity (Wildman–Crippen MR) is 79.2 cm³/mol. The predicted octanol–water partition coefficient (Wildman–Crippen LogP) is 2.06. The summed E-state index contributed by atoms with van der Waals surface area (Å²) in [5, 5.41) is 3.08. The van der Waals surface area contributed by atoms with Gasteiger partial charge in [0.1, 0.15) is 5.82 Å². The Balaban J connectivity index is 2.09. The van der Waals surface area contributed by atoms with Crippen LogP contribution in [-0.2, 0) is 13.6 Å². The lowest BCUT2D eigenvalue weighted by molar-refractivity contribution is 0.754. The van der Waals surface area contributed by atoms with Crippen LogP contribution in [0.2, 0.25) is 0 Å². The molecule has 2 heterocycles. The second kappa shape index (κ2) is 5.02. The molecule has 0 unspecified atom stereocenters. The number of hydrogen-bond acceptors (Lipinski definition) is 4. The molecule has 1 N–H and O–H groups in total. The third-order valence-electron chi connectivity index (χ3n) is 3.26. The van der Waals surface area contributed by atoms with Crippen molar-refractivity contribution in [3.05, 3.63) is 42.1 Å². The second-order valence-corrected chi connectivity index (χ2v) is 4.90. The van der Waals surface area contributed by atoms with Gasteiger partial charge in [0.15, 0.2) is 0 Å². The summed E-state index contributed by atoms with van der Waals surface area (Å²) in [6, 6.07) is 8.23. The van der Waals surface area contributed by atoms with Gasteiger partial charge in [-0.3, -0.25) is 0 Å². The fraction of sp³-hybridized carbons (Fsp3) is 0.267. The summed E-state index contributed by atoms with van der Waals surface area (Å²) in [6.07, 6.45) is 1.83. The Kier molecular flexibility index (Phi) is 3.20. The summed E-state index contributed by atoms with van der Waals surface area (Å²) in [6.45, 7) is 2.66. The van der Waals surface area contributed by atoms with Crippen LogP contribution in [0.1, 0.15) is 11.5 Å². The summed E-state index contributed by atoms with van der Waals surface area (Å²) < 4.78 is 2.01. The van der Waals surface area contributed by atoms with E-state index in [0.717, 1.165) is 33.8 Å². The molecule has 0 aliphatic heterocycles. The van der Waals surface area contributed by atoms with Crippen molar-refractivity contribution in [2.75, 3.05) is 7.05 Å². The van der Waals surface area contributed by atoms with Gasteiger partial charge in [-0.2, -0.15) is 0 Å². The number of rotatable bonds is 3. The Morgan fingerprint density at radius 2 is 2.05 bits per heavy atom. The summed E-state index contributed by atoms with van der Waals surface area (Å²) >= 11 is 0. The van der Waals surface area contributed by atoms with Crippen LogP contribution in [0, 0.1) is 6.92 Å². The van der Waals surface area contributed by atoms with Crippen molar-refractivity contribution in [1.82, 2.24) is 24.8 Å². The number of nitrogens with one attached hydrogen (secondary N) is 1. The molecule has 5 heteroatoms. The number of imidazole rings is 1. The number of aromatic nitrogens is 4. The number of aryl methyl sites for hydroxylation is 2. The lowest BCUT2D eigenvalue weighted by Crippen LogP contribution is -2.10. The molecule has 0 aliphatic rings. The van der Waals surface area contributed by atoms with Crippen LogP contribution in [-0.4, -0.2) is 26.6 Å². The largest absolute Gasteiger partial charge is 0.334 e. The van der Waals surface area contributed by atoms with Crippen LogP contribution in [0.3, 0.4) is 0 Å². The second-order valence-electron chi connectivity index (χ2n) is 4.90. The molecule has 3 rings (SSSR count). The first-order valence-electron chi connectivity index (χ1n) is 6.58. The number of benzene rings is 1. The van der Waals surface area contributed by atoms with E-state index in [-0.39, 0.29) is 0 Å². The van der Waals surface area contributed by atoms with Gasteiger partial charge in [-0.1, -0.05) is 6.07 Å². The number of hydrogen-bond donors (Lipinski definition) is 1. The summed E-state index contributed by atoms with van der Waals surface area (Å²) in [5.41, 5.74) is 5.09. The molecule has 0 amide bonds. The molecule has 0 spiro atoms. The third-order valence-corrected chi connectivity index (χ3v) is 3.26. The van der Waals surface area contributed by atoms with E-state index < -0.39 is 0 Å². The van der Waals surface area contributed by atoms with E-state index >= 15 is 0 Å². The van der Waals surface area contributed by atoms with Crippen molar-refractivity contribution < 1.29 is 0 Å². The average molecular weight is 267 g/mol. The van der Waals surface area contributed by atoms with E-state index in [1.165, 1.54) is 0 Å². The molecular formula is C15H17N5. The van der Waals surface area contributed by atoms with E-state index in [2.05, 4.69) is 38.5 Å². The molecule has 20 heavy (non-hydrogen) atoms. The van der Waals surface area contributed by atoms with Crippen molar-refractivity contribution in [2.24, 2.45) is 7.05 Å². The third kappa shape index (κ3) is 2.28. The fourth-order valence-corrected chi connectivity index (χ4v) is 2.31. The SMILES string of the molecule is CNCc1nc(C)cc(-c2ccc3c(c2)ncn3C)n1. The van der Waals surface area contributed by atoms with Crippen molar-refractivity contribution in [1.29, 1.82) is 0 Å². The summed E-state index contributed by atoms with van der Waals surface area (Å²) in [4.78, 5) is 13.4. The Hall–Kier alpha value is -2.27. The minimum Gasteiger partial charge on any atom is -0.334 e. The monoisotopic (exact) mass is 267 g/mol. The minimum absolute atomic E-state index is 0.667. The molecule has 3 aromatic rings. The molecule has 1 aromatic carbocycles. The van der Waals surface area contributed by atoms with Crippen LogP contribution in [0.5, 0.6) is 0 Å². The maximum absolute atomic E-state index is 4.60. The Labute approximate surface area is 117 Å². The lowest BCUT2D eigenvalue weighted by atomic mass is 10.1. The zero-order valence-electron chi connectivity index (χ0n) is 11.9. The van der Waals surface area contributed by atoms with Crippen molar-refractivity contribution >= 4 is 11.0 Å². The number of nitrogens with zero attached hydrogens (tertiary/aromatic N) is 4. The van der Waals surface area contributed by atoms with Gasteiger partial charge in [0.05, 0.1) is 29.6 Å². The zero-order valence-corrected chi connectivity index (χ0v) is 11.9. The van der Waals surface area contributed by atoms with Gasteiger partial charge in [0.2, 0.25) is 0 Å². The van der Waals surface area contributed by atoms with Crippen molar-refractivity contribution in [3.8, 4) is 11.3 Å². The molecule has 0 aliphatic carbocycles. The summed E-state index contributed by atoms with van der Waals surface area (Å²) in [7, 11) is 3.89. The van der Waals surface area contributed by atoms with Gasteiger partial charge in [-0.05, 0) is 32.2 Å². The van der Waals surface area contributed by atoms with E-state index in [4.69, 9.17) is 0 Å². The number of fused-ring (bicyclic) bond motifs is 1. The molecule has 0 atom stereocenters. The highest BCUT2D eigenvalue weighted by molar-refractivity contribution is 5.81. The van der Waals surface area contributed by atoms with E-state index in [0.29, 0.717) is 6.54 Å². The van der Waals surface area contributed by atoms with Gasteiger partial charge in [0, 0.05) is 18.3 Å². The standard InChI is InChI=1S/C15H17N5/c1-10-6-12(19-15(18-10)8-16-2)11-4-5-14-13(7-11)17-9-20(14)3/h4-7,9,16H,8H2,1-3H3. The average Bonchev–Trinajstić information content (AvgIpc) is 2.80. The van der Waals surface area contributed by atoms with E-state index in [1.807, 2.05) is 38.0 Å². The van der Waals surface area contributed by atoms with Crippen molar-refractivity contribution in [3.63, 3.8) is 0 Å². The molecule has 5 nitrogen and oxygen atoms in total. The zero-order chi connectivity index (χ0) is 14.1. The first kappa shape index (κ1) is 12.7. The normalized spacial score (nSPS) is 11.2. The van der Waals surface area contributed by atoms with Crippen LogP contribution < -0.4 is 5.32 Å². The molecule has 0 bridgehead atoms. The van der Waals surface area contributed by atoms with Gasteiger partial charge < -0.3 is 9.88 Å². The van der Waals surface area contributed by atoms with Gasteiger partial charge >= 0.3 is 0 Å². The maximum atomic E-state index is 4.60. The smallest absolute Gasteiger partial charge is 0.143 e. The molecule has 0 fully saturated rings. The van der Waals surface area contributed by atoms with Gasteiger partial charge in [-0.15, -0.1) is 0 Å². The Morgan fingerprint density at radius 1 is 1.20 bits per heavy atom. The Morgan fingerprint density at radius 3 is 2.85 bits per heavy atom. The van der Waals surface area contributed by atoms with Crippen LogP contribution >= 0.6 is 0 Å². The molecule has 0 saturated carbocycles. The van der Waals surface area contributed by atoms with Gasteiger partial charge in [-0.25, -0.2) is 15.0 Å². The summed E-state index contributed by atoms with van der Waals surface area (Å²) in [5.74, 6) is 0.809. The molecule has 2 aromatic heterocycles. The molecule has 0 radical (unpaired) electrons. The van der Waals surface area contributed by atoms with E-state index in [1.54, 1.807) is 0 Å². The topological polar surface area (TPSA) is 55.6 Å². The first-order chi connectivity index (χ1) is 9.67. The highest BCUT2D eigenvalue weighted by Crippen LogP contribution is 2.22. The first-order valence-corrected chi connectivity index (χ1v) is 6.58. The van der Waals surface area contributed by atoms with Gasteiger partial charge in [0.25, 0.3) is 0 Å². The van der Waals surface area contributed by atoms with Crippen molar-refractivity contribution in [2.45, 2.75) is 13.5 Å². The molecular weight excluding hydrogens is 250 g/mol. The quantitative estimate of drug-likeness (QED) is 0.789. The fourth-order valence-electron chi connectivity index (χ4n) is 2.31. The highest BCUT2D eigenvalue weighted by atomic mass is 15.0. The van der Waals surface area contributed by atoms with Crippen LogP contribution in [0.4, 0.5) is 0 Å². The van der Waals surface area contributed by atoms with Crippen LogP contribution in [0.25, 0.3) is 22.3 Å². The minimum atomic E-state index is 0.667. The highest BCUT2D eigenvalue weighted by Gasteiger charge is 2.07. The maximum Gasteiger partial charge on any atom is 0.143 e.